The number of nitriles is 1. The van der Waals surface area contributed by atoms with Crippen molar-refractivity contribution in [3.63, 3.8) is 0 Å². The molecule has 1 aromatic rings. The number of benzene rings is 1. The number of nitrogens with zero attached hydrogens (tertiary/aromatic N) is 1. The van der Waals surface area contributed by atoms with Crippen molar-refractivity contribution in [2.24, 2.45) is 0 Å². The summed E-state index contributed by atoms with van der Waals surface area (Å²) >= 11 is 1.50. The lowest BCUT2D eigenvalue weighted by molar-refractivity contribution is 0.322. The number of hydrogen-bond donors (Lipinski definition) is 1. The Balaban J connectivity index is 2.77. The van der Waals surface area contributed by atoms with Crippen LogP contribution in [0.3, 0.4) is 0 Å². The Kier molecular flexibility index (Phi) is 3.65. The van der Waals surface area contributed by atoms with Crippen molar-refractivity contribution in [1.82, 2.24) is 0 Å². The Hall–Kier alpha value is -0.980. The summed E-state index contributed by atoms with van der Waals surface area (Å²) in [5, 5.41) is 17.3. The lowest BCUT2D eigenvalue weighted by Crippen LogP contribution is -1.87. The molecule has 62 valence electrons. The van der Waals surface area contributed by atoms with Gasteiger partial charge in [0, 0.05) is 10.6 Å². The van der Waals surface area contributed by atoms with Gasteiger partial charge in [-0.3, -0.25) is 0 Å². The monoisotopic (exact) mass is 179 g/mol. The van der Waals surface area contributed by atoms with Crippen molar-refractivity contribution in [3.05, 3.63) is 29.8 Å². The van der Waals surface area contributed by atoms with Crippen LogP contribution in [-0.4, -0.2) is 17.5 Å². The fraction of sp³-hybridized carbons (Fsp3) is 0.222. The second-order valence-electron chi connectivity index (χ2n) is 2.18. The molecule has 0 heterocycles. The van der Waals surface area contributed by atoms with Crippen LogP contribution in [0.2, 0.25) is 0 Å². The Bertz CT molecular complexity index is 293. The van der Waals surface area contributed by atoms with Crippen LogP contribution >= 0.6 is 11.8 Å². The van der Waals surface area contributed by atoms with Crippen molar-refractivity contribution in [2.45, 2.75) is 4.90 Å². The second-order valence-corrected chi connectivity index (χ2v) is 3.32. The molecule has 0 spiro atoms. The van der Waals surface area contributed by atoms with Crippen LogP contribution < -0.4 is 0 Å². The van der Waals surface area contributed by atoms with Crippen molar-refractivity contribution in [3.8, 4) is 6.07 Å². The highest BCUT2D eigenvalue weighted by Crippen LogP contribution is 2.20. The third kappa shape index (κ3) is 2.26. The minimum Gasteiger partial charge on any atom is -0.396 e. The van der Waals surface area contributed by atoms with Crippen LogP contribution in [0.5, 0.6) is 0 Å². The minimum atomic E-state index is 0.143. The standard InChI is InChI=1S/C9H9NOS/c10-7-8-3-1-2-4-9(8)12-6-5-11/h1-4,11H,5-6H2. The molecule has 1 N–H and O–H groups in total. The summed E-state index contributed by atoms with van der Waals surface area (Å²) in [6.45, 7) is 0.143. The molecule has 0 bridgehead atoms. The van der Waals surface area contributed by atoms with Crippen LogP contribution in [0.4, 0.5) is 0 Å². The van der Waals surface area contributed by atoms with E-state index in [1.165, 1.54) is 11.8 Å². The van der Waals surface area contributed by atoms with Gasteiger partial charge >= 0.3 is 0 Å². The van der Waals surface area contributed by atoms with Crippen LogP contribution in [0.25, 0.3) is 0 Å². The fourth-order valence-corrected chi connectivity index (χ4v) is 1.60. The van der Waals surface area contributed by atoms with E-state index in [9.17, 15) is 0 Å². The summed E-state index contributed by atoms with van der Waals surface area (Å²) in [4.78, 5) is 0.939. The maximum atomic E-state index is 8.69. The van der Waals surface area contributed by atoms with E-state index < -0.39 is 0 Å². The van der Waals surface area contributed by atoms with E-state index in [4.69, 9.17) is 10.4 Å². The van der Waals surface area contributed by atoms with Crippen LogP contribution in [0, 0.1) is 11.3 Å². The third-order valence-electron chi connectivity index (χ3n) is 1.36. The molecule has 0 fully saturated rings. The third-order valence-corrected chi connectivity index (χ3v) is 2.41. The summed E-state index contributed by atoms with van der Waals surface area (Å²) in [7, 11) is 0. The lowest BCUT2D eigenvalue weighted by atomic mass is 10.2. The molecule has 0 aliphatic rings. The van der Waals surface area contributed by atoms with Gasteiger partial charge in [0.2, 0.25) is 0 Å². The Morgan fingerprint density at radius 3 is 2.83 bits per heavy atom. The first-order valence-electron chi connectivity index (χ1n) is 3.61. The molecular formula is C9H9NOS. The Labute approximate surface area is 75.8 Å². The summed E-state index contributed by atoms with van der Waals surface area (Å²) < 4.78 is 0. The van der Waals surface area contributed by atoms with Gasteiger partial charge in [-0.05, 0) is 12.1 Å². The highest BCUT2D eigenvalue weighted by atomic mass is 32.2. The Morgan fingerprint density at radius 2 is 2.17 bits per heavy atom. The first-order valence-corrected chi connectivity index (χ1v) is 4.60. The highest BCUT2D eigenvalue weighted by Gasteiger charge is 1.99. The van der Waals surface area contributed by atoms with Crippen molar-refractivity contribution in [2.75, 3.05) is 12.4 Å². The average Bonchev–Trinajstić information content (AvgIpc) is 2.15. The van der Waals surface area contributed by atoms with E-state index in [1.54, 1.807) is 6.07 Å². The van der Waals surface area contributed by atoms with Crippen molar-refractivity contribution >= 4 is 11.8 Å². The number of aliphatic hydroxyl groups excluding tert-OH is 1. The molecule has 2 nitrogen and oxygen atoms in total. The van der Waals surface area contributed by atoms with Crippen molar-refractivity contribution in [1.29, 1.82) is 5.26 Å². The second kappa shape index (κ2) is 4.81. The zero-order valence-corrected chi connectivity index (χ0v) is 7.34. The number of aliphatic hydroxyl groups is 1. The van der Waals surface area contributed by atoms with Gasteiger partial charge in [0.25, 0.3) is 0 Å². The molecule has 0 amide bonds. The first-order chi connectivity index (χ1) is 5.88. The van der Waals surface area contributed by atoms with E-state index in [2.05, 4.69) is 6.07 Å². The summed E-state index contributed by atoms with van der Waals surface area (Å²) in [6, 6.07) is 9.49. The first kappa shape index (κ1) is 9.11. The molecule has 0 aromatic heterocycles. The van der Waals surface area contributed by atoms with E-state index in [-0.39, 0.29) is 6.61 Å². The SMILES string of the molecule is N#Cc1ccccc1SCCO. The summed E-state index contributed by atoms with van der Waals surface area (Å²) in [6.07, 6.45) is 0. The molecule has 0 saturated heterocycles. The molecular weight excluding hydrogens is 170 g/mol. The maximum Gasteiger partial charge on any atom is 0.100 e. The molecule has 1 aromatic carbocycles. The number of hydrogen-bond acceptors (Lipinski definition) is 3. The van der Waals surface area contributed by atoms with E-state index in [0.29, 0.717) is 11.3 Å². The molecule has 3 heteroatoms. The molecule has 0 aliphatic heterocycles. The van der Waals surface area contributed by atoms with Gasteiger partial charge in [0.15, 0.2) is 0 Å². The van der Waals surface area contributed by atoms with Gasteiger partial charge < -0.3 is 5.11 Å². The van der Waals surface area contributed by atoms with E-state index >= 15 is 0 Å². The van der Waals surface area contributed by atoms with Gasteiger partial charge in [-0.1, -0.05) is 12.1 Å². The zero-order valence-electron chi connectivity index (χ0n) is 6.53. The van der Waals surface area contributed by atoms with E-state index in [0.717, 1.165) is 4.90 Å². The summed E-state index contributed by atoms with van der Waals surface area (Å²) in [5.74, 6) is 0.638. The predicted octanol–water partition coefficient (Wildman–Crippen LogP) is 1.64. The average molecular weight is 179 g/mol. The fourth-order valence-electron chi connectivity index (χ4n) is 0.840. The molecule has 0 saturated carbocycles. The predicted molar refractivity (Wildman–Crippen MR) is 49.0 cm³/mol. The quantitative estimate of drug-likeness (QED) is 0.717. The minimum absolute atomic E-state index is 0.143. The topological polar surface area (TPSA) is 44.0 Å². The van der Waals surface area contributed by atoms with Gasteiger partial charge in [-0.2, -0.15) is 5.26 Å². The smallest absolute Gasteiger partial charge is 0.100 e. The summed E-state index contributed by atoms with van der Waals surface area (Å²) in [5.41, 5.74) is 0.677. The lowest BCUT2D eigenvalue weighted by Gasteiger charge is -2.00. The zero-order chi connectivity index (χ0) is 8.81. The molecule has 1 rings (SSSR count). The van der Waals surface area contributed by atoms with E-state index in [1.807, 2.05) is 18.2 Å². The van der Waals surface area contributed by atoms with Crippen LogP contribution in [0.1, 0.15) is 5.56 Å². The van der Waals surface area contributed by atoms with Gasteiger partial charge in [-0.25, -0.2) is 0 Å². The largest absolute Gasteiger partial charge is 0.396 e. The van der Waals surface area contributed by atoms with Crippen molar-refractivity contribution < 1.29 is 5.11 Å². The van der Waals surface area contributed by atoms with Crippen LogP contribution in [0.15, 0.2) is 29.2 Å². The molecule has 0 radical (unpaired) electrons. The Morgan fingerprint density at radius 1 is 1.42 bits per heavy atom. The molecule has 0 unspecified atom stereocenters. The van der Waals surface area contributed by atoms with Gasteiger partial charge in [-0.15, -0.1) is 11.8 Å². The molecule has 0 atom stereocenters. The number of thioether (sulfide) groups is 1. The number of rotatable bonds is 3. The highest BCUT2D eigenvalue weighted by molar-refractivity contribution is 7.99. The molecule has 12 heavy (non-hydrogen) atoms. The van der Waals surface area contributed by atoms with Gasteiger partial charge in [0.1, 0.15) is 6.07 Å². The normalized spacial score (nSPS) is 9.33. The van der Waals surface area contributed by atoms with Crippen LogP contribution in [-0.2, 0) is 0 Å². The molecule has 0 aliphatic carbocycles. The maximum absolute atomic E-state index is 8.69. The van der Waals surface area contributed by atoms with Gasteiger partial charge in [0.05, 0.1) is 12.2 Å².